The van der Waals surface area contributed by atoms with Gasteiger partial charge in [-0.3, -0.25) is 9.78 Å². The number of carbonyl (C=O) groups is 1. The molecule has 0 bridgehead atoms. The number of nitrogens with zero attached hydrogens (tertiary/aromatic N) is 1. The van der Waals surface area contributed by atoms with Crippen molar-refractivity contribution in [3.05, 3.63) is 120 Å². The molecule has 6 heteroatoms. The van der Waals surface area contributed by atoms with Crippen molar-refractivity contribution >= 4 is 72.6 Å². The van der Waals surface area contributed by atoms with Gasteiger partial charge in [-0.25, -0.2) is 0 Å². The summed E-state index contributed by atoms with van der Waals surface area (Å²) in [5.41, 5.74) is 6.22. The largest absolute Gasteiger partial charge is 0.512 e. The number of pyridine rings is 1. The number of thiophene rings is 1. The van der Waals surface area contributed by atoms with E-state index in [0.29, 0.717) is 0 Å². The van der Waals surface area contributed by atoms with Gasteiger partial charge in [-0.2, -0.15) is 0 Å². The van der Waals surface area contributed by atoms with Crippen molar-refractivity contribution in [1.29, 1.82) is 0 Å². The number of benzene rings is 4. The van der Waals surface area contributed by atoms with Crippen molar-refractivity contribution in [1.82, 2.24) is 4.98 Å². The van der Waals surface area contributed by atoms with E-state index in [9.17, 15) is 9.90 Å². The number of aliphatic hydroxyl groups is 1. The number of rotatable bonds is 9. The maximum atomic E-state index is 11.7. The molecule has 4 aromatic carbocycles. The van der Waals surface area contributed by atoms with Gasteiger partial charge in [0.15, 0.2) is 5.78 Å². The van der Waals surface area contributed by atoms with Gasteiger partial charge in [0.05, 0.1) is 5.76 Å². The fourth-order valence-electron chi connectivity index (χ4n) is 7.94. The Balaban J connectivity index is 0.000000301. The number of hydrogen-bond acceptors (Lipinski definition) is 4. The summed E-state index contributed by atoms with van der Waals surface area (Å²) in [6.07, 6.45) is 9.30. The molecule has 0 aliphatic carbocycles. The average molecular weight is 929 g/mol. The average Bonchev–Trinajstić information content (AvgIpc) is 3.65. The van der Waals surface area contributed by atoms with Crippen molar-refractivity contribution in [3.63, 3.8) is 0 Å². The van der Waals surface area contributed by atoms with Crippen LogP contribution >= 0.6 is 11.3 Å². The summed E-state index contributed by atoms with van der Waals surface area (Å²) in [5, 5.41) is 17.8. The van der Waals surface area contributed by atoms with E-state index in [-0.39, 0.29) is 48.9 Å². The number of aliphatic hydroxyl groups excluding tert-OH is 1. The summed E-state index contributed by atoms with van der Waals surface area (Å²) in [6.45, 7) is 19.9. The number of hydrogen-bond donors (Lipinski definition) is 1. The maximum absolute atomic E-state index is 11.7. The molecule has 283 valence electrons. The van der Waals surface area contributed by atoms with Gasteiger partial charge in [0, 0.05) is 59.3 Å². The van der Waals surface area contributed by atoms with Crippen molar-refractivity contribution in [3.8, 4) is 11.3 Å². The number of fused-ring (bicyclic) bond motifs is 5. The van der Waals surface area contributed by atoms with Crippen molar-refractivity contribution in [2.45, 2.75) is 92.7 Å². The summed E-state index contributed by atoms with van der Waals surface area (Å²) < 4.78 is 2.57. The number of aromatic nitrogens is 1. The molecule has 6 aromatic rings. The van der Waals surface area contributed by atoms with Crippen LogP contribution in [0.25, 0.3) is 53.5 Å². The standard InChI is InChI=1S/C35H30NSSi.C13H24O2.Ir/c1-35(2,3)29-19-25(18-22-10-6-8-12-26(22)29)33-34-28(16-17-36-33)27-15-14-24(20-30(27)37-34)32-21-23-11-7-9-13-31(23)38(32,4)5;1-5-10(6-2)12(14)9-13(15)11(7-3)8-4;/h6-17,19-21H,1-5H3;9-11,14H,5-8H2,1-4H3;/q-1;;/b;12-9-;. The van der Waals surface area contributed by atoms with Crippen LogP contribution < -0.4 is 5.19 Å². The Bertz CT molecular complexity index is 2350. The third-order valence-electron chi connectivity index (χ3n) is 11.2. The fourth-order valence-corrected chi connectivity index (χ4v) is 12.3. The van der Waals surface area contributed by atoms with Gasteiger partial charge in [0.1, 0.15) is 8.07 Å². The monoisotopic (exact) mass is 929 g/mol. The van der Waals surface area contributed by atoms with Gasteiger partial charge >= 0.3 is 0 Å². The molecule has 0 fully saturated rings. The Labute approximate surface area is 341 Å². The molecule has 1 radical (unpaired) electrons. The normalized spacial score (nSPS) is 13.9. The first-order valence-corrected chi connectivity index (χ1v) is 23.2. The van der Waals surface area contributed by atoms with Gasteiger partial charge in [-0.05, 0) is 75.5 Å². The molecule has 7 rings (SSSR count). The second-order valence-corrected chi connectivity index (χ2v) is 21.4. The van der Waals surface area contributed by atoms with E-state index in [1.54, 1.807) is 5.19 Å². The van der Waals surface area contributed by atoms with E-state index in [2.05, 4.69) is 125 Å². The second kappa shape index (κ2) is 17.0. The minimum atomic E-state index is -1.72. The van der Waals surface area contributed by atoms with Crippen molar-refractivity contribution in [2.75, 3.05) is 0 Å². The van der Waals surface area contributed by atoms with Crippen LogP contribution in [-0.4, -0.2) is 23.9 Å². The minimum Gasteiger partial charge on any atom is -0.512 e. The predicted molar refractivity (Wildman–Crippen MR) is 233 cm³/mol. The zero-order chi connectivity index (χ0) is 38.1. The third-order valence-corrected chi connectivity index (χ3v) is 16.0. The van der Waals surface area contributed by atoms with Crippen molar-refractivity contribution < 1.29 is 30.0 Å². The van der Waals surface area contributed by atoms with Crippen LogP contribution in [0.1, 0.15) is 90.8 Å². The van der Waals surface area contributed by atoms with Gasteiger partial charge in [0.25, 0.3) is 0 Å². The van der Waals surface area contributed by atoms with E-state index < -0.39 is 8.07 Å². The minimum absolute atomic E-state index is 0. The molecule has 0 amide bonds. The Hall–Kier alpha value is -3.67. The smallest absolute Gasteiger partial charge is 0.162 e. The molecular weight excluding hydrogens is 875 g/mol. The Morgan fingerprint density at radius 3 is 2.19 bits per heavy atom. The van der Waals surface area contributed by atoms with Gasteiger partial charge in [0.2, 0.25) is 0 Å². The maximum Gasteiger partial charge on any atom is 0.162 e. The molecule has 2 aromatic heterocycles. The van der Waals surface area contributed by atoms with Crippen LogP contribution in [0.5, 0.6) is 0 Å². The Kier molecular flexibility index (Phi) is 13.1. The molecule has 0 unspecified atom stereocenters. The van der Waals surface area contributed by atoms with Crippen LogP contribution in [0.2, 0.25) is 13.1 Å². The third kappa shape index (κ3) is 8.14. The zero-order valence-electron chi connectivity index (χ0n) is 33.3. The van der Waals surface area contributed by atoms with Crippen LogP contribution in [0.3, 0.4) is 0 Å². The van der Waals surface area contributed by atoms with Gasteiger partial charge in [-0.15, -0.1) is 40.5 Å². The number of allylic oxidation sites excluding steroid dienone is 2. The van der Waals surface area contributed by atoms with Crippen LogP contribution in [0.4, 0.5) is 0 Å². The Morgan fingerprint density at radius 2 is 1.52 bits per heavy atom. The number of ketones is 1. The van der Waals surface area contributed by atoms with Gasteiger partial charge in [-0.1, -0.05) is 133 Å². The topological polar surface area (TPSA) is 50.2 Å². The SMILES string of the molecule is CC(C)(C)c1cc(-c2nccc3c2sc2cc(C4=Cc5ccccc5[Si]4(C)C)ccc23)[c-]c2ccccc12.CCC(CC)C(=O)/C=C(\O)C(CC)CC.[Ir]. The van der Waals surface area contributed by atoms with E-state index >= 15 is 0 Å². The summed E-state index contributed by atoms with van der Waals surface area (Å²) >= 11 is 1.86. The van der Waals surface area contributed by atoms with Crippen LogP contribution in [0, 0.1) is 17.9 Å². The van der Waals surface area contributed by atoms with Gasteiger partial charge < -0.3 is 5.11 Å². The first-order valence-electron chi connectivity index (χ1n) is 19.4. The van der Waals surface area contributed by atoms with E-state index in [1.165, 1.54) is 53.5 Å². The molecule has 0 atom stereocenters. The summed E-state index contributed by atoms with van der Waals surface area (Å²) in [7, 11) is -1.72. The van der Waals surface area contributed by atoms with Crippen LogP contribution in [-0.2, 0) is 30.3 Å². The molecule has 0 saturated carbocycles. The van der Waals surface area contributed by atoms with E-state index in [4.69, 9.17) is 4.98 Å². The van der Waals surface area contributed by atoms with Crippen molar-refractivity contribution in [2.24, 2.45) is 11.8 Å². The zero-order valence-corrected chi connectivity index (χ0v) is 37.5. The fraction of sp³-hybridized carbons (Fsp3) is 0.333. The van der Waals surface area contributed by atoms with Crippen LogP contribution in [0.15, 0.2) is 96.9 Å². The predicted octanol–water partition coefficient (Wildman–Crippen LogP) is 13.2. The molecule has 3 nitrogen and oxygen atoms in total. The molecular formula is C48H54IrNO2SSi-. The van der Waals surface area contributed by atoms with E-state index in [0.717, 1.165) is 42.3 Å². The first-order chi connectivity index (χ1) is 25.3. The molecule has 1 aliphatic heterocycles. The Morgan fingerprint density at radius 1 is 0.852 bits per heavy atom. The molecule has 0 spiro atoms. The summed E-state index contributed by atoms with van der Waals surface area (Å²) in [5.74, 6) is 0.547. The number of carbonyl (C=O) groups excluding carboxylic acids is 1. The summed E-state index contributed by atoms with van der Waals surface area (Å²) in [4.78, 5) is 16.6. The second-order valence-electron chi connectivity index (χ2n) is 16.0. The molecule has 3 heterocycles. The molecule has 0 saturated heterocycles. The first kappa shape index (κ1) is 41.5. The molecule has 54 heavy (non-hydrogen) atoms. The van der Waals surface area contributed by atoms with E-state index in [1.807, 2.05) is 45.2 Å². The molecule has 1 aliphatic rings. The quantitative estimate of drug-likeness (QED) is 0.0680. The summed E-state index contributed by atoms with van der Waals surface area (Å²) in [6, 6.07) is 32.8. The molecule has 1 N–H and O–H groups in total.